The molecule has 2 aromatic rings. The van der Waals surface area contributed by atoms with Gasteiger partial charge < -0.3 is 19.5 Å². The molecule has 1 aliphatic heterocycles. The fraction of sp³-hybridized carbons (Fsp3) is 0.522. The molecule has 1 aromatic carbocycles. The van der Waals surface area contributed by atoms with Crippen molar-refractivity contribution in [1.29, 1.82) is 0 Å². The van der Waals surface area contributed by atoms with Crippen LogP contribution in [0.1, 0.15) is 32.9 Å². The van der Waals surface area contributed by atoms with Gasteiger partial charge in [-0.2, -0.15) is 8.78 Å². The molecule has 3 atom stereocenters. The number of allylic oxidation sites excluding steroid dienone is 1. The van der Waals surface area contributed by atoms with Crippen LogP contribution in [0, 0.1) is 11.8 Å². The molecular weight excluding hydrogens is 420 g/mol. The third kappa shape index (κ3) is 4.98. The Labute approximate surface area is 186 Å². The zero-order chi connectivity index (χ0) is 23.5. The van der Waals surface area contributed by atoms with Crippen LogP contribution < -0.4 is 14.8 Å². The van der Waals surface area contributed by atoms with Gasteiger partial charge >= 0.3 is 11.9 Å². The number of hydrogen-bond acceptors (Lipinski definition) is 7. The van der Waals surface area contributed by atoms with E-state index in [1.165, 1.54) is 7.11 Å². The molecule has 9 heteroatoms. The van der Waals surface area contributed by atoms with E-state index in [1.54, 1.807) is 18.2 Å². The van der Waals surface area contributed by atoms with Gasteiger partial charge in [-0.1, -0.05) is 27.4 Å². The number of methoxy groups -OCH3 is 1. The summed E-state index contributed by atoms with van der Waals surface area (Å²) in [5.74, 6) is -3.66. The van der Waals surface area contributed by atoms with Crippen molar-refractivity contribution >= 4 is 17.0 Å². The van der Waals surface area contributed by atoms with Crippen molar-refractivity contribution in [2.75, 3.05) is 20.3 Å². The number of halogens is 2. The van der Waals surface area contributed by atoms with Gasteiger partial charge in [-0.25, -0.2) is 9.97 Å². The van der Waals surface area contributed by atoms with Gasteiger partial charge in [0.05, 0.1) is 24.8 Å². The Hall–Kier alpha value is -2.81. The van der Waals surface area contributed by atoms with E-state index in [9.17, 15) is 13.6 Å². The van der Waals surface area contributed by atoms with Gasteiger partial charge in [0, 0.05) is 18.5 Å². The lowest BCUT2D eigenvalue weighted by molar-refractivity contribution is -0.148. The summed E-state index contributed by atoms with van der Waals surface area (Å²) >= 11 is 0. The van der Waals surface area contributed by atoms with E-state index < -0.39 is 23.8 Å². The van der Waals surface area contributed by atoms with Crippen LogP contribution in [0.3, 0.4) is 0 Å². The Kier molecular flexibility index (Phi) is 7.28. The molecule has 174 valence electrons. The van der Waals surface area contributed by atoms with Gasteiger partial charge in [-0.05, 0) is 30.5 Å². The lowest BCUT2D eigenvalue weighted by atomic mass is 9.95. The fourth-order valence-electron chi connectivity index (χ4n) is 3.67. The van der Waals surface area contributed by atoms with Crippen molar-refractivity contribution < 1.29 is 27.8 Å². The van der Waals surface area contributed by atoms with E-state index in [1.807, 2.05) is 20.8 Å². The zero-order valence-corrected chi connectivity index (χ0v) is 18.7. The minimum Gasteiger partial charge on any atom is -0.497 e. The van der Waals surface area contributed by atoms with E-state index in [4.69, 9.17) is 14.2 Å². The Bertz CT molecular complexity index is 983. The lowest BCUT2D eigenvalue weighted by Gasteiger charge is -2.24. The minimum absolute atomic E-state index is 0.209. The molecule has 32 heavy (non-hydrogen) atoms. The Balaban J connectivity index is 1.93. The van der Waals surface area contributed by atoms with Gasteiger partial charge in [-0.15, -0.1) is 0 Å². The molecule has 0 saturated carbocycles. The number of carbonyl (C=O) groups excluding carboxylic acids is 1. The van der Waals surface area contributed by atoms with Gasteiger partial charge in [0.2, 0.25) is 5.88 Å². The number of nitrogens with zero attached hydrogens (tertiary/aromatic N) is 2. The molecule has 7 nitrogen and oxygen atoms in total. The maximum absolute atomic E-state index is 14.6. The minimum atomic E-state index is -3.44. The van der Waals surface area contributed by atoms with Crippen LogP contribution in [0.2, 0.25) is 0 Å². The number of hydrogen-bond donors (Lipinski definition) is 1. The average molecular weight is 449 g/mol. The number of carbonyl (C=O) groups is 1. The van der Waals surface area contributed by atoms with Crippen molar-refractivity contribution in [1.82, 2.24) is 15.3 Å². The van der Waals surface area contributed by atoms with E-state index >= 15 is 0 Å². The number of alkyl halides is 2. The third-order valence-corrected chi connectivity index (χ3v) is 5.40. The number of esters is 1. The summed E-state index contributed by atoms with van der Waals surface area (Å²) < 4.78 is 45.8. The topological polar surface area (TPSA) is 82.6 Å². The van der Waals surface area contributed by atoms with Crippen molar-refractivity contribution in [2.45, 2.75) is 45.3 Å². The molecule has 0 aliphatic carbocycles. The summed E-state index contributed by atoms with van der Waals surface area (Å²) in [4.78, 5) is 21.0. The van der Waals surface area contributed by atoms with Gasteiger partial charge in [0.15, 0.2) is 5.69 Å². The highest BCUT2D eigenvalue weighted by Crippen LogP contribution is 2.37. The van der Waals surface area contributed by atoms with Crippen LogP contribution in [-0.2, 0) is 15.5 Å². The maximum Gasteiger partial charge on any atom is 0.323 e. The molecule has 0 amide bonds. The van der Waals surface area contributed by atoms with Crippen LogP contribution in [0.5, 0.6) is 11.6 Å². The van der Waals surface area contributed by atoms with Crippen molar-refractivity contribution in [3.8, 4) is 11.6 Å². The van der Waals surface area contributed by atoms with Crippen molar-refractivity contribution in [3.63, 3.8) is 0 Å². The highest BCUT2D eigenvalue weighted by molar-refractivity contribution is 5.77. The predicted octanol–water partition coefficient (Wildman–Crippen LogP) is 3.86. The largest absolute Gasteiger partial charge is 0.497 e. The smallest absolute Gasteiger partial charge is 0.323 e. The average Bonchev–Trinajstić information content (AvgIpc) is 3.18. The van der Waals surface area contributed by atoms with Crippen LogP contribution >= 0.6 is 0 Å². The zero-order valence-electron chi connectivity index (χ0n) is 18.7. The van der Waals surface area contributed by atoms with Gasteiger partial charge in [-0.3, -0.25) is 4.79 Å². The van der Waals surface area contributed by atoms with Gasteiger partial charge in [0.1, 0.15) is 17.9 Å². The summed E-state index contributed by atoms with van der Waals surface area (Å²) in [6.45, 7) is 9.64. The van der Waals surface area contributed by atoms with Crippen molar-refractivity contribution in [3.05, 3.63) is 36.5 Å². The van der Waals surface area contributed by atoms with Crippen LogP contribution in [0.15, 0.2) is 30.9 Å². The first kappa shape index (κ1) is 23.8. The monoisotopic (exact) mass is 449 g/mol. The standard InChI is InChI=1S/C23H29F2N3O4/c1-6-15-18(11-26-19(15)22(29)31-12-13(3)4)32-21-20(23(24,25)7-2)27-16-9-8-14(30-5)10-17(16)28-21/h7-10,13,15,18-19,26H,2,6,11-12H2,1,3-5H3. The SMILES string of the molecule is C=CC(F)(F)c1nc2ccc(OC)cc2nc1OC1CNC(C(=O)OCC(C)C)C1CC. The first-order valence-corrected chi connectivity index (χ1v) is 10.6. The summed E-state index contributed by atoms with van der Waals surface area (Å²) in [5.41, 5.74) is 0.0158. The van der Waals surface area contributed by atoms with E-state index in [0.29, 0.717) is 30.4 Å². The number of ether oxygens (including phenoxy) is 3. The van der Waals surface area contributed by atoms with Crippen LogP contribution in [0.4, 0.5) is 8.78 Å². The highest BCUT2D eigenvalue weighted by Gasteiger charge is 2.43. The van der Waals surface area contributed by atoms with Crippen LogP contribution in [0.25, 0.3) is 11.0 Å². The molecule has 1 aliphatic rings. The molecule has 3 unspecified atom stereocenters. The Morgan fingerprint density at radius 3 is 2.72 bits per heavy atom. The number of rotatable bonds is 9. The first-order chi connectivity index (χ1) is 15.2. The maximum atomic E-state index is 14.6. The molecular formula is C23H29F2N3O4. The summed E-state index contributed by atoms with van der Waals surface area (Å²) in [7, 11) is 1.50. The van der Waals surface area contributed by atoms with Gasteiger partial charge in [0.25, 0.3) is 0 Å². The Morgan fingerprint density at radius 2 is 2.09 bits per heavy atom. The van der Waals surface area contributed by atoms with Crippen molar-refractivity contribution in [2.24, 2.45) is 11.8 Å². The number of fused-ring (bicyclic) bond motifs is 1. The van der Waals surface area contributed by atoms with Crippen LogP contribution in [-0.4, -0.2) is 48.3 Å². The highest BCUT2D eigenvalue weighted by atomic mass is 19.3. The molecule has 0 radical (unpaired) electrons. The first-order valence-electron chi connectivity index (χ1n) is 10.6. The second-order valence-corrected chi connectivity index (χ2v) is 8.20. The Morgan fingerprint density at radius 1 is 1.34 bits per heavy atom. The third-order valence-electron chi connectivity index (χ3n) is 5.40. The molecule has 2 heterocycles. The normalized spacial score (nSPS) is 21.0. The van der Waals surface area contributed by atoms with E-state index in [0.717, 1.165) is 0 Å². The molecule has 1 N–H and O–H groups in total. The summed E-state index contributed by atoms with van der Waals surface area (Å²) in [6, 6.07) is 4.19. The number of aromatic nitrogens is 2. The molecule has 0 bridgehead atoms. The second-order valence-electron chi connectivity index (χ2n) is 8.20. The van der Waals surface area contributed by atoms with E-state index in [2.05, 4.69) is 21.9 Å². The summed E-state index contributed by atoms with van der Waals surface area (Å²) in [6.07, 6.45) is 0.532. The second kappa shape index (κ2) is 9.77. The summed E-state index contributed by atoms with van der Waals surface area (Å²) in [5, 5.41) is 3.10. The van der Waals surface area contributed by atoms with E-state index in [-0.39, 0.29) is 35.7 Å². The molecule has 1 fully saturated rings. The fourth-order valence-corrected chi connectivity index (χ4v) is 3.67. The predicted molar refractivity (Wildman–Crippen MR) is 116 cm³/mol. The lowest BCUT2D eigenvalue weighted by Crippen LogP contribution is -2.38. The molecule has 3 rings (SSSR count). The molecule has 1 aromatic heterocycles. The molecule has 1 saturated heterocycles. The number of benzene rings is 1. The number of nitrogens with one attached hydrogen (secondary N) is 1. The quantitative estimate of drug-likeness (QED) is 0.460. The molecule has 0 spiro atoms.